The van der Waals surface area contributed by atoms with Gasteiger partial charge < -0.3 is 4.42 Å². The van der Waals surface area contributed by atoms with Crippen molar-refractivity contribution in [3.63, 3.8) is 0 Å². The summed E-state index contributed by atoms with van der Waals surface area (Å²) < 4.78 is 18.1. The molecule has 2 aromatic heterocycles. The van der Waals surface area contributed by atoms with E-state index in [9.17, 15) is 4.21 Å². The summed E-state index contributed by atoms with van der Waals surface area (Å²) in [7, 11) is -1.02. The molecule has 1 unspecified atom stereocenters. The summed E-state index contributed by atoms with van der Waals surface area (Å²) in [5.41, 5.74) is 3.67. The molecule has 0 saturated heterocycles. The van der Waals surface area contributed by atoms with Gasteiger partial charge in [-0.15, -0.1) is 10.2 Å². The molecule has 146 valence electrons. The summed E-state index contributed by atoms with van der Waals surface area (Å²) in [6.07, 6.45) is 1.71. The van der Waals surface area contributed by atoms with Crippen LogP contribution in [-0.2, 0) is 10.8 Å². The minimum absolute atomic E-state index is 0.0722. The zero-order valence-electron chi connectivity index (χ0n) is 16.4. The van der Waals surface area contributed by atoms with E-state index in [1.165, 1.54) is 0 Å². The Labute approximate surface area is 171 Å². The van der Waals surface area contributed by atoms with Crippen LogP contribution < -0.4 is 0 Å². The predicted octanol–water partition coefficient (Wildman–Crippen LogP) is 4.69. The van der Waals surface area contributed by atoms with Crippen molar-refractivity contribution in [1.82, 2.24) is 20.2 Å². The average Bonchev–Trinajstić information content (AvgIpc) is 3.24. The van der Waals surface area contributed by atoms with Gasteiger partial charge in [-0.1, -0.05) is 44.2 Å². The van der Waals surface area contributed by atoms with Gasteiger partial charge in [0, 0.05) is 21.3 Å². The van der Waals surface area contributed by atoms with Gasteiger partial charge in [0.25, 0.3) is 5.89 Å². The van der Waals surface area contributed by atoms with Gasteiger partial charge in [0.15, 0.2) is 0 Å². The van der Waals surface area contributed by atoms with E-state index in [2.05, 4.69) is 15.2 Å². The fourth-order valence-corrected chi connectivity index (χ4v) is 3.79. The molecule has 7 heteroatoms. The fourth-order valence-electron chi connectivity index (χ4n) is 2.84. The monoisotopic (exact) mass is 404 g/mol. The van der Waals surface area contributed by atoms with Crippen molar-refractivity contribution in [2.24, 2.45) is 0 Å². The highest BCUT2D eigenvalue weighted by Gasteiger charge is 2.16. The number of hydrogen-bond donors (Lipinski definition) is 0. The van der Waals surface area contributed by atoms with Crippen LogP contribution in [0.4, 0.5) is 0 Å². The Morgan fingerprint density at radius 3 is 2.28 bits per heavy atom. The molecule has 0 aliphatic rings. The molecule has 0 aliphatic carbocycles. The molecule has 2 heterocycles. The second-order valence-corrected chi connectivity index (χ2v) is 8.85. The lowest BCUT2D eigenvalue weighted by Gasteiger charge is -2.08. The van der Waals surface area contributed by atoms with E-state index in [1.54, 1.807) is 6.20 Å². The molecule has 4 aromatic rings. The first-order valence-electron chi connectivity index (χ1n) is 9.27. The highest BCUT2D eigenvalue weighted by atomic mass is 32.2. The van der Waals surface area contributed by atoms with Crippen LogP contribution in [0.15, 0.2) is 70.1 Å². The Hall–Kier alpha value is -3.19. The standard InChI is InChI=1S/C22H20N4O2S/c1-14(2)29(27)18-11-9-16(10-12-18)19-13-23-15(3)20(24-19)22-26-25-21(28-22)17-7-5-4-6-8-17/h4-14H,1-3H3. The van der Waals surface area contributed by atoms with Crippen LogP contribution >= 0.6 is 0 Å². The minimum atomic E-state index is -1.02. The molecule has 0 radical (unpaired) electrons. The van der Waals surface area contributed by atoms with Crippen LogP contribution in [0.3, 0.4) is 0 Å². The van der Waals surface area contributed by atoms with Crippen LogP contribution in [0.1, 0.15) is 19.5 Å². The first kappa shape index (κ1) is 19.1. The fraction of sp³-hybridized carbons (Fsp3) is 0.182. The van der Waals surface area contributed by atoms with E-state index in [1.807, 2.05) is 75.4 Å². The summed E-state index contributed by atoms with van der Waals surface area (Å²) in [6.45, 7) is 5.74. The summed E-state index contributed by atoms with van der Waals surface area (Å²) in [5.74, 6) is 0.765. The summed E-state index contributed by atoms with van der Waals surface area (Å²) in [4.78, 5) is 9.94. The summed E-state index contributed by atoms with van der Waals surface area (Å²) in [6, 6.07) is 17.1. The Bertz CT molecular complexity index is 1160. The number of rotatable bonds is 5. The van der Waals surface area contributed by atoms with Crippen LogP contribution in [0.5, 0.6) is 0 Å². The Balaban J connectivity index is 1.67. The predicted molar refractivity (Wildman–Crippen MR) is 112 cm³/mol. The molecular weight excluding hydrogens is 384 g/mol. The van der Waals surface area contributed by atoms with Crippen molar-refractivity contribution in [2.45, 2.75) is 30.9 Å². The molecule has 0 N–H and O–H groups in total. The maximum atomic E-state index is 12.3. The zero-order chi connectivity index (χ0) is 20.4. The molecule has 0 bridgehead atoms. The van der Waals surface area contributed by atoms with Gasteiger partial charge in [0.2, 0.25) is 5.89 Å². The van der Waals surface area contributed by atoms with Crippen LogP contribution in [0.25, 0.3) is 34.3 Å². The van der Waals surface area contributed by atoms with Crippen molar-refractivity contribution < 1.29 is 8.63 Å². The molecule has 2 aromatic carbocycles. The maximum Gasteiger partial charge on any atom is 0.268 e. The third kappa shape index (κ3) is 4.00. The van der Waals surface area contributed by atoms with Gasteiger partial charge >= 0.3 is 0 Å². The van der Waals surface area contributed by atoms with Crippen LogP contribution in [0.2, 0.25) is 0 Å². The first-order valence-corrected chi connectivity index (χ1v) is 10.5. The number of aromatic nitrogens is 4. The SMILES string of the molecule is Cc1ncc(-c2ccc(S(=O)C(C)C)cc2)nc1-c1nnc(-c2ccccc2)o1. The van der Waals surface area contributed by atoms with Crippen molar-refractivity contribution in [1.29, 1.82) is 0 Å². The molecule has 4 rings (SSSR count). The van der Waals surface area contributed by atoms with E-state index < -0.39 is 10.8 Å². The lowest BCUT2D eigenvalue weighted by Crippen LogP contribution is -2.05. The number of nitrogens with zero attached hydrogens (tertiary/aromatic N) is 4. The Morgan fingerprint density at radius 1 is 0.897 bits per heavy atom. The lowest BCUT2D eigenvalue weighted by atomic mass is 10.1. The number of aryl methyl sites for hydroxylation is 1. The van der Waals surface area contributed by atoms with Gasteiger partial charge in [-0.2, -0.15) is 0 Å². The molecular formula is C22H20N4O2S. The van der Waals surface area contributed by atoms with Crippen molar-refractivity contribution >= 4 is 10.8 Å². The third-order valence-electron chi connectivity index (χ3n) is 4.41. The average molecular weight is 404 g/mol. The number of benzene rings is 2. The van der Waals surface area contributed by atoms with Gasteiger partial charge in [0.05, 0.1) is 28.4 Å². The zero-order valence-corrected chi connectivity index (χ0v) is 17.2. The van der Waals surface area contributed by atoms with Gasteiger partial charge in [0.1, 0.15) is 5.69 Å². The topological polar surface area (TPSA) is 81.8 Å². The molecule has 0 amide bonds. The third-order valence-corrected chi connectivity index (χ3v) is 6.01. The lowest BCUT2D eigenvalue weighted by molar-refractivity contribution is 0.581. The van der Waals surface area contributed by atoms with Crippen molar-refractivity contribution in [3.05, 3.63) is 66.5 Å². The van der Waals surface area contributed by atoms with Crippen molar-refractivity contribution in [3.8, 4) is 34.3 Å². The van der Waals surface area contributed by atoms with E-state index in [4.69, 9.17) is 9.40 Å². The largest absolute Gasteiger partial charge is 0.415 e. The summed E-state index contributed by atoms with van der Waals surface area (Å²) >= 11 is 0. The van der Waals surface area contributed by atoms with E-state index >= 15 is 0 Å². The highest BCUT2D eigenvalue weighted by molar-refractivity contribution is 7.85. The molecule has 0 aliphatic heterocycles. The second-order valence-electron chi connectivity index (χ2n) is 6.84. The molecule has 1 atom stereocenters. The Morgan fingerprint density at radius 2 is 1.59 bits per heavy atom. The molecule has 0 fully saturated rings. The van der Waals surface area contributed by atoms with Crippen LogP contribution in [0, 0.1) is 6.92 Å². The van der Waals surface area contributed by atoms with Crippen molar-refractivity contribution in [2.75, 3.05) is 0 Å². The van der Waals surface area contributed by atoms with Crippen LogP contribution in [-0.4, -0.2) is 29.6 Å². The minimum Gasteiger partial charge on any atom is -0.415 e. The molecule has 6 nitrogen and oxygen atoms in total. The summed E-state index contributed by atoms with van der Waals surface area (Å²) in [5, 5.41) is 8.36. The van der Waals surface area contributed by atoms with Gasteiger partial charge in [-0.05, 0) is 31.2 Å². The van der Waals surface area contributed by atoms with Gasteiger partial charge in [-0.25, -0.2) is 4.98 Å². The molecule has 29 heavy (non-hydrogen) atoms. The van der Waals surface area contributed by atoms with E-state index in [0.29, 0.717) is 28.9 Å². The second kappa shape index (κ2) is 8.05. The van der Waals surface area contributed by atoms with E-state index in [-0.39, 0.29) is 5.25 Å². The maximum absolute atomic E-state index is 12.3. The molecule has 0 spiro atoms. The molecule has 0 saturated carbocycles. The normalized spacial score (nSPS) is 12.3. The first-order chi connectivity index (χ1) is 14.0. The van der Waals surface area contributed by atoms with E-state index in [0.717, 1.165) is 16.0 Å². The number of hydrogen-bond acceptors (Lipinski definition) is 6. The smallest absolute Gasteiger partial charge is 0.268 e. The quantitative estimate of drug-likeness (QED) is 0.480. The highest BCUT2D eigenvalue weighted by Crippen LogP contribution is 2.27. The van der Waals surface area contributed by atoms with Gasteiger partial charge in [-0.3, -0.25) is 9.19 Å². The Kier molecular flexibility index (Phi) is 5.31.